The molecule has 37 heavy (non-hydrogen) atoms. The molecule has 1 N–H and O–H groups in total. The summed E-state index contributed by atoms with van der Waals surface area (Å²) in [4.78, 5) is 24.2. The fraction of sp³-hybridized carbons (Fsp3) is 0.400. The van der Waals surface area contributed by atoms with E-state index in [1.165, 1.54) is 0 Å². The predicted molar refractivity (Wildman–Crippen MR) is 138 cm³/mol. The Bertz CT molecular complexity index is 1230. The average molecular weight is 554 g/mol. The van der Waals surface area contributed by atoms with Gasteiger partial charge in [-0.3, -0.25) is 4.79 Å². The zero-order chi connectivity index (χ0) is 26.6. The Hall–Kier alpha value is -2.92. The Balaban J connectivity index is 1.44. The van der Waals surface area contributed by atoms with Crippen molar-refractivity contribution in [2.24, 2.45) is 5.92 Å². The summed E-state index contributed by atoms with van der Waals surface area (Å²) in [5, 5.41) is 3.38. The molecular formula is C25H27ClF3N5O2S. The minimum Gasteiger partial charge on any atom is -0.455 e. The highest BCUT2D eigenvalue weighted by Gasteiger charge is 2.34. The molecule has 1 fully saturated rings. The van der Waals surface area contributed by atoms with Gasteiger partial charge in [-0.1, -0.05) is 49.3 Å². The molecule has 1 amide bonds. The van der Waals surface area contributed by atoms with Crippen molar-refractivity contribution < 1.29 is 22.4 Å². The number of halogens is 4. The third-order valence-electron chi connectivity index (χ3n) is 5.68. The lowest BCUT2D eigenvalue weighted by molar-refractivity contribution is -0.141. The van der Waals surface area contributed by atoms with Crippen LogP contribution < -0.4 is 15.1 Å². The quantitative estimate of drug-likeness (QED) is 0.281. The van der Waals surface area contributed by atoms with Crippen LogP contribution in [0.15, 0.2) is 52.0 Å². The Morgan fingerprint density at radius 1 is 1.11 bits per heavy atom. The summed E-state index contributed by atoms with van der Waals surface area (Å²) in [6, 6.07) is 11.6. The van der Waals surface area contributed by atoms with Crippen LogP contribution in [0.5, 0.6) is 0 Å². The molecule has 0 aliphatic carbocycles. The van der Waals surface area contributed by atoms with Gasteiger partial charge < -0.3 is 19.5 Å². The van der Waals surface area contributed by atoms with Gasteiger partial charge >= 0.3 is 6.18 Å². The van der Waals surface area contributed by atoms with E-state index in [0.717, 1.165) is 23.5 Å². The Morgan fingerprint density at radius 2 is 1.81 bits per heavy atom. The van der Waals surface area contributed by atoms with Crippen LogP contribution in [0.2, 0.25) is 5.02 Å². The van der Waals surface area contributed by atoms with E-state index in [2.05, 4.69) is 20.2 Å². The summed E-state index contributed by atoms with van der Waals surface area (Å²) in [6.07, 6.45) is -4.61. The van der Waals surface area contributed by atoms with Crippen LogP contribution in [-0.2, 0) is 11.9 Å². The predicted octanol–water partition coefficient (Wildman–Crippen LogP) is 5.75. The summed E-state index contributed by atoms with van der Waals surface area (Å²) < 4.78 is 46.4. The molecule has 0 unspecified atom stereocenters. The van der Waals surface area contributed by atoms with Crippen molar-refractivity contribution >= 4 is 40.8 Å². The minimum absolute atomic E-state index is 0.0134. The van der Waals surface area contributed by atoms with Crippen molar-refractivity contribution in [3.8, 4) is 0 Å². The number of benzene rings is 1. The highest BCUT2D eigenvalue weighted by atomic mass is 35.5. The third kappa shape index (κ3) is 7.10. The summed E-state index contributed by atoms with van der Waals surface area (Å²) in [6.45, 7) is 6.61. The van der Waals surface area contributed by atoms with Gasteiger partial charge in [-0.25, -0.2) is 9.97 Å². The number of furan rings is 1. The first-order valence-electron chi connectivity index (χ1n) is 11.8. The molecule has 0 atom stereocenters. The number of aromatic nitrogens is 2. The number of piperazine rings is 1. The molecule has 2 aromatic heterocycles. The molecule has 4 rings (SSSR count). The Labute approximate surface area is 222 Å². The van der Waals surface area contributed by atoms with Crippen molar-refractivity contribution in [2.75, 3.05) is 42.5 Å². The number of amides is 1. The monoisotopic (exact) mass is 553 g/mol. The molecule has 3 aromatic rings. The van der Waals surface area contributed by atoms with Crippen LogP contribution in [0.1, 0.15) is 35.9 Å². The van der Waals surface area contributed by atoms with Crippen molar-refractivity contribution in [3.05, 3.63) is 64.7 Å². The second kappa shape index (κ2) is 11.6. The molecular weight excluding hydrogens is 527 g/mol. The van der Waals surface area contributed by atoms with E-state index < -0.39 is 11.9 Å². The van der Waals surface area contributed by atoms with Crippen molar-refractivity contribution in [2.45, 2.75) is 30.9 Å². The molecule has 0 bridgehead atoms. The first kappa shape index (κ1) is 27.1. The number of thioether (sulfide) groups is 1. The van der Waals surface area contributed by atoms with E-state index in [4.69, 9.17) is 16.0 Å². The highest BCUT2D eigenvalue weighted by molar-refractivity contribution is 7.98. The van der Waals surface area contributed by atoms with E-state index in [-0.39, 0.29) is 28.4 Å². The average Bonchev–Trinajstić information content (AvgIpc) is 3.35. The molecule has 1 aromatic carbocycles. The van der Waals surface area contributed by atoms with Gasteiger partial charge in [-0.2, -0.15) is 13.2 Å². The van der Waals surface area contributed by atoms with Crippen LogP contribution in [0.4, 0.5) is 24.7 Å². The molecule has 1 aliphatic rings. The van der Waals surface area contributed by atoms with Crippen LogP contribution in [0.3, 0.4) is 0 Å². The maximum Gasteiger partial charge on any atom is 0.433 e. The number of alkyl halides is 3. The SMILES string of the molecule is CC(C)CNC(=O)c1ccc(CSc2nc(N3CCN(c4ccccc4Cl)CC3)cc(C(F)(F)F)n2)o1. The fourth-order valence-corrected chi connectivity index (χ4v) is 4.77. The number of carbonyl (C=O) groups excluding carboxylic acids is 1. The molecule has 0 spiro atoms. The number of rotatable bonds is 8. The standard InChI is InChI=1S/C25H27ClF3N5O2S/c1-16(2)14-30-23(35)20-8-7-17(36-20)15-37-24-31-21(25(27,28)29)13-22(32-24)34-11-9-33(10-12-34)19-6-4-3-5-18(19)26/h3-8,13,16H,9-12,14-15H2,1-2H3,(H,30,35). The van der Waals surface area contributed by atoms with Gasteiger partial charge in [0.1, 0.15) is 11.6 Å². The molecule has 1 aliphatic heterocycles. The largest absolute Gasteiger partial charge is 0.455 e. The maximum absolute atomic E-state index is 13.6. The number of hydrogen-bond acceptors (Lipinski definition) is 7. The summed E-state index contributed by atoms with van der Waals surface area (Å²) in [5.74, 6) is 0.947. The van der Waals surface area contributed by atoms with E-state index in [0.29, 0.717) is 49.4 Å². The zero-order valence-electron chi connectivity index (χ0n) is 20.4. The van der Waals surface area contributed by atoms with Gasteiger partial charge in [0, 0.05) is 38.8 Å². The normalized spacial score (nSPS) is 14.4. The number of hydrogen-bond donors (Lipinski definition) is 1. The number of nitrogens with one attached hydrogen (secondary N) is 1. The minimum atomic E-state index is -4.61. The molecule has 0 radical (unpaired) electrons. The van der Waals surface area contributed by atoms with Gasteiger partial charge in [0.2, 0.25) is 0 Å². The van der Waals surface area contributed by atoms with Crippen LogP contribution >= 0.6 is 23.4 Å². The summed E-state index contributed by atoms with van der Waals surface area (Å²) in [7, 11) is 0. The molecule has 0 saturated carbocycles. The lowest BCUT2D eigenvalue weighted by atomic mass is 10.2. The van der Waals surface area contributed by atoms with E-state index in [9.17, 15) is 18.0 Å². The first-order chi connectivity index (χ1) is 17.6. The number of carbonyl (C=O) groups is 1. The van der Waals surface area contributed by atoms with Crippen molar-refractivity contribution in [1.29, 1.82) is 0 Å². The molecule has 1 saturated heterocycles. The Morgan fingerprint density at radius 3 is 2.49 bits per heavy atom. The van der Waals surface area contributed by atoms with E-state index >= 15 is 0 Å². The van der Waals surface area contributed by atoms with Gasteiger partial charge in [-0.05, 0) is 30.2 Å². The van der Waals surface area contributed by atoms with Gasteiger partial charge in [0.05, 0.1) is 16.5 Å². The van der Waals surface area contributed by atoms with Gasteiger partial charge in [0.25, 0.3) is 5.91 Å². The van der Waals surface area contributed by atoms with Gasteiger partial charge in [-0.15, -0.1) is 0 Å². The second-order valence-corrected chi connectivity index (χ2v) is 10.3. The number of para-hydroxylation sites is 1. The maximum atomic E-state index is 13.6. The van der Waals surface area contributed by atoms with Gasteiger partial charge in [0.15, 0.2) is 16.6 Å². The zero-order valence-corrected chi connectivity index (χ0v) is 22.0. The first-order valence-corrected chi connectivity index (χ1v) is 13.2. The smallest absolute Gasteiger partial charge is 0.433 e. The van der Waals surface area contributed by atoms with Crippen LogP contribution in [0, 0.1) is 5.92 Å². The molecule has 198 valence electrons. The fourth-order valence-electron chi connectivity index (χ4n) is 3.77. The van der Waals surface area contributed by atoms with Crippen molar-refractivity contribution in [1.82, 2.24) is 15.3 Å². The topological polar surface area (TPSA) is 74.5 Å². The van der Waals surface area contributed by atoms with Crippen LogP contribution in [-0.4, -0.2) is 48.6 Å². The number of anilines is 2. The summed E-state index contributed by atoms with van der Waals surface area (Å²) >= 11 is 7.32. The second-order valence-electron chi connectivity index (χ2n) is 8.98. The van der Waals surface area contributed by atoms with E-state index in [1.54, 1.807) is 12.1 Å². The summed E-state index contributed by atoms with van der Waals surface area (Å²) in [5.41, 5.74) is -0.101. The lowest BCUT2D eigenvalue weighted by Crippen LogP contribution is -2.47. The molecule has 12 heteroatoms. The highest BCUT2D eigenvalue weighted by Crippen LogP contribution is 2.33. The molecule has 3 heterocycles. The lowest BCUT2D eigenvalue weighted by Gasteiger charge is -2.37. The number of nitrogens with zero attached hydrogens (tertiary/aromatic N) is 4. The van der Waals surface area contributed by atoms with E-state index in [1.807, 2.05) is 43.0 Å². The van der Waals surface area contributed by atoms with Crippen LogP contribution in [0.25, 0.3) is 0 Å². The Kier molecular flexibility index (Phi) is 8.53. The molecule has 7 nitrogen and oxygen atoms in total. The third-order valence-corrected chi connectivity index (χ3v) is 6.87. The van der Waals surface area contributed by atoms with Crippen molar-refractivity contribution in [3.63, 3.8) is 0 Å².